The number of nitrogens with two attached hydrogens (primary N) is 1. The van der Waals surface area contributed by atoms with Crippen LogP contribution >= 0.6 is 0 Å². The average molecular weight is 289 g/mol. The molecule has 0 amide bonds. The zero-order chi connectivity index (χ0) is 14.9. The van der Waals surface area contributed by atoms with E-state index in [4.69, 9.17) is 15.0 Å². The lowest BCUT2D eigenvalue weighted by Gasteiger charge is -2.10. The van der Waals surface area contributed by atoms with Crippen LogP contribution in [0.4, 0.5) is 0 Å². The maximum absolute atomic E-state index is 11.1. The van der Waals surface area contributed by atoms with Gasteiger partial charge >= 0.3 is 5.97 Å². The summed E-state index contributed by atoms with van der Waals surface area (Å²) in [5.41, 5.74) is 6.78. The molecule has 19 heavy (non-hydrogen) atoms. The number of rotatable bonds is 4. The van der Waals surface area contributed by atoms with Crippen molar-refractivity contribution in [2.24, 2.45) is 5.73 Å². The van der Waals surface area contributed by atoms with E-state index in [1.165, 1.54) is 0 Å². The second-order valence-corrected chi connectivity index (χ2v) is 5.23. The van der Waals surface area contributed by atoms with E-state index in [0.29, 0.717) is 12.9 Å². The molecule has 1 rings (SSSR count). The molecule has 1 atom stereocenters. The highest BCUT2D eigenvalue weighted by Gasteiger charge is 2.11. The molecular formula is C12H19NO5S. The summed E-state index contributed by atoms with van der Waals surface area (Å²) in [6.45, 7) is 2.19. The van der Waals surface area contributed by atoms with Crippen LogP contribution in [0, 0.1) is 0 Å². The molecule has 0 aliphatic rings. The number of carbonyl (C=O) groups is 1. The van der Waals surface area contributed by atoms with Gasteiger partial charge < -0.3 is 10.5 Å². The first-order valence-corrected chi connectivity index (χ1v) is 7.47. The van der Waals surface area contributed by atoms with E-state index in [1.54, 1.807) is 6.92 Å². The summed E-state index contributed by atoms with van der Waals surface area (Å²) in [6.07, 6.45) is 0.949. The fourth-order valence-corrected chi connectivity index (χ4v) is 1.22. The maximum Gasteiger partial charge on any atom is 0.307 e. The molecule has 0 radical (unpaired) electrons. The SMILES string of the molecule is CCOC(=O)C[C@H](N)c1ccccc1.CS(=O)(=O)O. The largest absolute Gasteiger partial charge is 0.466 e. The van der Waals surface area contributed by atoms with Gasteiger partial charge in [-0.05, 0) is 12.5 Å². The van der Waals surface area contributed by atoms with Crippen LogP contribution in [0.5, 0.6) is 0 Å². The first-order valence-electron chi connectivity index (χ1n) is 5.62. The van der Waals surface area contributed by atoms with Crippen LogP contribution in [0.15, 0.2) is 30.3 Å². The summed E-state index contributed by atoms with van der Waals surface area (Å²) in [7, 11) is -3.67. The molecule has 0 aliphatic heterocycles. The van der Waals surface area contributed by atoms with Gasteiger partial charge in [0.1, 0.15) is 0 Å². The van der Waals surface area contributed by atoms with Crippen molar-refractivity contribution in [3.63, 3.8) is 0 Å². The molecule has 0 saturated carbocycles. The Morgan fingerprint density at radius 3 is 2.26 bits per heavy atom. The van der Waals surface area contributed by atoms with Crippen molar-refractivity contribution in [2.45, 2.75) is 19.4 Å². The van der Waals surface area contributed by atoms with Crippen LogP contribution in [-0.2, 0) is 19.6 Å². The second-order valence-electron chi connectivity index (χ2n) is 3.76. The molecule has 0 aliphatic carbocycles. The number of ether oxygens (including phenoxy) is 1. The molecular weight excluding hydrogens is 270 g/mol. The van der Waals surface area contributed by atoms with E-state index in [-0.39, 0.29) is 18.4 Å². The van der Waals surface area contributed by atoms with E-state index in [9.17, 15) is 13.2 Å². The standard InChI is InChI=1S/C11H15NO2.CH4O3S/c1-2-14-11(13)8-10(12)9-6-4-3-5-7-9;1-5(2,3)4/h3-7,10H,2,8,12H2,1H3;1H3,(H,2,3,4)/t10-;/m0./s1. The van der Waals surface area contributed by atoms with Gasteiger partial charge in [0.05, 0.1) is 19.3 Å². The van der Waals surface area contributed by atoms with Crippen LogP contribution in [0.3, 0.4) is 0 Å². The summed E-state index contributed by atoms with van der Waals surface area (Å²) in [4.78, 5) is 11.1. The van der Waals surface area contributed by atoms with Crippen molar-refractivity contribution in [1.82, 2.24) is 0 Å². The Hall–Kier alpha value is -1.44. The minimum atomic E-state index is -3.67. The molecule has 0 bridgehead atoms. The van der Waals surface area contributed by atoms with Crippen LogP contribution in [0.25, 0.3) is 0 Å². The van der Waals surface area contributed by atoms with Crippen molar-refractivity contribution < 1.29 is 22.5 Å². The van der Waals surface area contributed by atoms with Gasteiger partial charge in [0, 0.05) is 6.04 Å². The van der Waals surface area contributed by atoms with Crippen molar-refractivity contribution in [3.05, 3.63) is 35.9 Å². The van der Waals surface area contributed by atoms with Crippen molar-refractivity contribution in [1.29, 1.82) is 0 Å². The molecule has 108 valence electrons. The Kier molecular flexibility index (Phi) is 7.97. The van der Waals surface area contributed by atoms with E-state index >= 15 is 0 Å². The topological polar surface area (TPSA) is 107 Å². The van der Waals surface area contributed by atoms with E-state index in [2.05, 4.69) is 0 Å². The van der Waals surface area contributed by atoms with Crippen molar-refractivity contribution in [3.8, 4) is 0 Å². The van der Waals surface area contributed by atoms with Gasteiger partial charge in [-0.1, -0.05) is 30.3 Å². The lowest BCUT2D eigenvalue weighted by atomic mass is 10.1. The smallest absolute Gasteiger partial charge is 0.307 e. The average Bonchev–Trinajstić information content (AvgIpc) is 2.28. The minimum Gasteiger partial charge on any atom is -0.466 e. The highest BCUT2D eigenvalue weighted by Crippen LogP contribution is 2.13. The molecule has 6 nitrogen and oxygen atoms in total. The number of hydrogen-bond donors (Lipinski definition) is 2. The van der Waals surface area contributed by atoms with E-state index < -0.39 is 10.1 Å². The molecule has 0 fully saturated rings. The van der Waals surface area contributed by atoms with E-state index in [1.807, 2.05) is 30.3 Å². The zero-order valence-electron chi connectivity index (χ0n) is 10.9. The van der Waals surface area contributed by atoms with Gasteiger partial charge in [-0.25, -0.2) is 0 Å². The van der Waals surface area contributed by atoms with Gasteiger partial charge in [-0.2, -0.15) is 8.42 Å². The summed E-state index contributed by atoms with van der Waals surface area (Å²) in [5, 5.41) is 0. The quantitative estimate of drug-likeness (QED) is 0.636. The van der Waals surface area contributed by atoms with Gasteiger partial charge in [-0.3, -0.25) is 9.35 Å². The molecule has 1 aromatic rings. The molecule has 1 aromatic carbocycles. The number of hydrogen-bond acceptors (Lipinski definition) is 5. The highest BCUT2D eigenvalue weighted by molar-refractivity contribution is 7.85. The minimum absolute atomic E-state index is 0.234. The predicted molar refractivity (Wildman–Crippen MR) is 72.1 cm³/mol. The monoisotopic (exact) mass is 289 g/mol. The molecule has 0 heterocycles. The fraction of sp³-hybridized carbons (Fsp3) is 0.417. The highest BCUT2D eigenvalue weighted by atomic mass is 32.2. The normalized spacial score (nSPS) is 12.0. The van der Waals surface area contributed by atoms with Gasteiger partial charge in [-0.15, -0.1) is 0 Å². The summed E-state index contributed by atoms with van der Waals surface area (Å²) < 4.78 is 30.7. The van der Waals surface area contributed by atoms with Crippen LogP contribution in [-0.4, -0.2) is 31.8 Å². The fourth-order valence-electron chi connectivity index (χ4n) is 1.22. The van der Waals surface area contributed by atoms with Crippen molar-refractivity contribution >= 4 is 16.1 Å². The number of esters is 1. The Balaban J connectivity index is 0.000000555. The molecule has 0 spiro atoms. The Bertz CT molecular complexity index is 464. The molecule has 0 unspecified atom stereocenters. The van der Waals surface area contributed by atoms with Gasteiger partial charge in [0.25, 0.3) is 10.1 Å². The summed E-state index contributed by atoms with van der Waals surface area (Å²) in [5.74, 6) is -0.246. The lowest BCUT2D eigenvalue weighted by molar-refractivity contribution is -0.143. The Labute approximate surface area is 113 Å². The third kappa shape index (κ3) is 11.4. The van der Waals surface area contributed by atoms with E-state index in [0.717, 1.165) is 5.56 Å². The van der Waals surface area contributed by atoms with Crippen LogP contribution in [0.2, 0.25) is 0 Å². The summed E-state index contributed by atoms with van der Waals surface area (Å²) >= 11 is 0. The van der Waals surface area contributed by atoms with Crippen LogP contribution in [0.1, 0.15) is 24.9 Å². The maximum atomic E-state index is 11.1. The first-order chi connectivity index (χ1) is 8.74. The molecule has 0 saturated heterocycles. The summed E-state index contributed by atoms with van der Waals surface area (Å²) in [6, 6.07) is 9.27. The van der Waals surface area contributed by atoms with Gasteiger partial charge in [0.2, 0.25) is 0 Å². The number of carbonyl (C=O) groups excluding carboxylic acids is 1. The Morgan fingerprint density at radius 2 is 1.84 bits per heavy atom. The molecule has 7 heteroatoms. The first kappa shape index (κ1) is 17.6. The second kappa shape index (κ2) is 8.63. The van der Waals surface area contributed by atoms with Crippen LogP contribution < -0.4 is 5.73 Å². The van der Waals surface area contributed by atoms with Gasteiger partial charge in [0.15, 0.2) is 0 Å². The Morgan fingerprint density at radius 1 is 1.37 bits per heavy atom. The predicted octanol–water partition coefficient (Wildman–Crippen LogP) is 1.14. The zero-order valence-corrected chi connectivity index (χ0v) is 11.8. The number of benzene rings is 1. The lowest BCUT2D eigenvalue weighted by Crippen LogP contribution is -2.17. The van der Waals surface area contributed by atoms with Crippen molar-refractivity contribution in [2.75, 3.05) is 12.9 Å². The molecule has 0 aromatic heterocycles. The third-order valence-electron chi connectivity index (χ3n) is 1.92. The molecule has 3 N–H and O–H groups in total. The third-order valence-corrected chi connectivity index (χ3v) is 1.92.